The van der Waals surface area contributed by atoms with Gasteiger partial charge in [0.15, 0.2) is 0 Å². The van der Waals surface area contributed by atoms with E-state index < -0.39 is 23.1 Å². The number of primary amides is 1. The lowest BCUT2D eigenvalue weighted by atomic mass is 9.68. The van der Waals surface area contributed by atoms with Crippen molar-refractivity contribution in [2.75, 3.05) is 26.2 Å². The number of hydrogen-bond donors (Lipinski definition) is 1. The summed E-state index contributed by atoms with van der Waals surface area (Å²) in [5.41, 5.74) is 6.70. The molecule has 2 N–H and O–H groups in total. The molecule has 2 bridgehead atoms. The molecule has 2 heterocycles. The molecule has 0 spiro atoms. The normalized spacial score (nSPS) is 26.1. The van der Waals surface area contributed by atoms with E-state index in [-0.39, 0.29) is 34.4 Å². The van der Waals surface area contributed by atoms with Gasteiger partial charge in [0.05, 0.1) is 22.9 Å². The van der Waals surface area contributed by atoms with Gasteiger partial charge in [0.1, 0.15) is 11.6 Å². The fraction of sp³-hybridized carbons (Fsp3) is 0.556. The summed E-state index contributed by atoms with van der Waals surface area (Å²) in [6.45, 7) is 8.32. The van der Waals surface area contributed by atoms with Gasteiger partial charge < -0.3 is 15.5 Å². The van der Waals surface area contributed by atoms with Gasteiger partial charge in [-0.15, -0.1) is 0 Å². The van der Waals surface area contributed by atoms with Crippen molar-refractivity contribution in [3.63, 3.8) is 0 Å². The third kappa shape index (κ3) is 3.58. The Balaban J connectivity index is 1.48. The molecule has 1 unspecified atom stereocenters. The van der Waals surface area contributed by atoms with Gasteiger partial charge in [0.25, 0.3) is 0 Å². The molecule has 1 saturated heterocycles. The molecular weight excluding hydrogens is 464 g/mol. The van der Waals surface area contributed by atoms with E-state index >= 15 is 0 Å². The SMILES string of the molecule is CCN(C[C@@]12CC[C@@H](c3cc(-c4c(F)cccc4F)nnc31)C2(C)C)C(=O)C1CCCN(C(N)=O)C1. The van der Waals surface area contributed by atoms with Crippen LogP contribution in [0.15, 0.2) is 24.3 Å². The zero-order valence-electron chi connectivity index (χ0n) is 21.1. The second-order valence-electron chi connectivity index (χ2n) is 11.0. The van der Waals surface area contributed by atoms with Crippen molar-refractivity contribution < 1.29 is 18.4 Å². The Morgan fingerprint density at radius 2 is 1.92 bits per heavy atom. The van der Waals surface area contributed by atoms with Crippen LogP contribution < -0.4 is 5.73 Å². The summed E-state index contributed by atoms with van der Waals surface area (Å²) in [7, 11) is 0. The van der Waals surface area contributed by atoms with Crippen LogP contribution in [0.25, 0.3) is 11.3 Å². The van der Waals surface area contributed by atoms with E-state index in [4.69, 9.17) is 5.73 Å². The highest BCUT2D eigenvalue weighted by atomic mass is 19.1. The van der Waals surface area contributed by atoms with Crippen LogP contribution in [0.1, 0.15) is 63.6 Å². The lowest BCUT2D eigenvalue weighted by molar-refractivity contribution is -0.138. The van der Waals surface area contributed by atoms with Crippen molar-refractivity contribution in [1.82, 2.24) is 20.0 Å². The second kappa shape index (κ2) is 8.78. The molecule has 2 aliphatic carbocycles. The monoisotopic (exact) mass is 497 g/mol. The molecule has 2 aromatic rings. The van der Waals surface area contributed by atoms with Gasteiger partial charge >= 0.3 is 6.03 Å². The summed E-state index contributed by atoms with van der Waals surface area (Å²) in [6, 6.07) is 5.08. The molecule has 3 atom stereocenters. The van der Waals surface area contributed by atoms with Crippen molar-refractivity contribution >= 4 is 11.9 Å². The summed E-state index contributed by atoms with van der Waals surface area (Å²) in [4.78, 5) is 28.8. The Hall–Kier alpha value is -3.10. The van der Waals surface area contributed by atoms with Gasteiger partial charge in [0, 0.05) is 31.6 Å². The van der Waals surface area contributed by atoms with Crippen molar-refractivity contribution in [2.24, 2.45) is 17.1 Å². The van der Waals surface area contributed by atoms with Crippen molar-refractivity contribution in [1.29, 1.82) is 0 Å². The molecule has 2 fully saturated rings. The number of nitrogens with two attached hydrogens (primary N) is 1. The predicted molar refractivity (Wildman–Crippen MR) is 131 cm³/mol. The smallest absolute Gasteiger partial charge is 0.314 e. The molecule has 0 radical (unpaired) electrons. The third-order valence-corrected chi connectivity index (χ3v) is 9.07. The fourth-order valence-corrected chi connectivity index (χ4v) is 6.95. The molecule has 1 aliphatic heterocycles. The molecule has 3 amide bonds. The highest BCUT2D eigenvalue weighted by Gasteiger charge is 2.64. The Morgan fingerprint density at radius 1 is 1.19 bits per heavy atom. The molecule has 9 heteroatoms. The summed E-state index contributed by atoms with van der Waals surface area (Å²) >= 11 is 0. The average Bonchev–Trinajstić information content (AvgIpc) is 3.21. The second-order valence-corrected chi connectivity index (χ2v) is 11.0. The maximum absolute atomic E-state index is 14.5. The minimum Gasteiger partial charge on any atom is -0.351 e. The number of hydrogen-bond acceptors (Lipinski definition) is 4. The number of likely N-dealkylation sites (tertiary alicyclic amines) is 1. The molecule has 1 aromatic carbocycles. The van der Waals surface area contributed by atoms with Gasteiger partial charge in [-0.05, 0) is 67.7 Å². The van der Waals surface area contributed by atoms with Gasteiger partial charge in [-0.25, -0.2) is 13.6 Å². The number of fused-ring (bicyclic) bond motifs is 5. The lowest BCUT2D eigenvalue weighted by Gasteiger charge is -2.43. The number of urea groups is 1. The zero-order chi connectivity index (χ0) is 25.8. The highest BCUT2D eigenvalue weighted by Crippen LogP contribution is 2.67. The van der Waals surface area contributed by atoms with Crippen molar-refractivity contribution in [3.8, 4) is 11.3 Å². The molecule has 192 valence electrons. The van der Waals surface area contributed by atoms with Crippen LogP contribution >= 0.6 is 0 Å². The number of carbonyl (C=O) groups excluding carboxylic acids is 2. The lowest BCUT2D eigenvalue weighted by Crippen LogP contribution is -2.52. The minimum atomic E-state index is -0.665. The third-order valence-electron chi connectivity index (χ3n) is 9.07. The Labute approximate surface area is 210 Å². The number of likely N-dealkylation sites (N-methyl/N-ethyl adjacent to an activating group) is 1. The van der Waals surface area contributed by atoms with Gasteiger partial charge in [-0.3, -0.25) is 4.79 Å². The van der Waals surface area contributed by atoms with Crippen LogP contribution in [0.3, 0.4) is 0 Å². The largest absolute Gasteiger partial charge is 0.351 e. The number of aromatic nitrogens is 2. The first-order valence-corrected chi connectivity index (χ1v) is 12.8. The fourth-order valence-electron chi connectivity index (χ4n) is 6.95. The van der Waals surface area contributed by atoms with E-state index in [1.165, 1.54) is 18.2 Å². The molecule has 3 aliphatic rings. The van der Waals surface area contributed by atoms with Crippen molar-refractivity contribution in [2.45, 2.75) is 57.8 Å². The predicted octanol–water partition coefficient (Wildman–Crippen LogP) is 4.22. The topological polar surface area (TPSA) is 92.4 Å². The summed E-state index contributed by atoms with van der Waals surface area (Å²) in [6.07, 6.45) is 3.25. The number of amides is 3. The van der Waals surface area contributed by atoms with Gasteiger partial charge in [0.2, 0.25) is 5.91 Å². The Kier molecular flexibility index (Phi) is 6.00. The van der Waals surface area contributed by atoms with Crippen LogP contribution in [0, 0.1) is 23.0 Å². The van der Waals surface area contributed by atoms with E-state index in [0.29, 0.717) is 26.2 Å². The number of carbonyl (C=O) groups is 2. The molecule has 7 nitrogen and oxygen atoms in total. The quantitative estimate of drug-likeness (QED) is 0.670. The maximum atomic E-state index is 14.5. The minimum absolute atomic E-state index is 0.0310. The first-order chi connectivity index (χ1) is 17.1. The number of halogens is 2. The molecule has 5 rings (SSSR count). The van der Waals surface area contributed by atoms with Crippen LogP contribution in [0.2, 0.25) is 0 Å². The van der Waals surface area contributed by atoms with E-state index in [0.717, 1.165) is 36.9 Å². The number of benzene rings is 1. The average molecular weight is 498 g/mol. The summed E-state index contributed by atoms with van der Waals surface area (Å²) < 4.78 is 29.0. The molecule has 1 saturated carbocycles. The number of rotatable bonds is 5. The van der Waals surface area contributed by atoms with E-state index in [9.17, 15) is 18.4 Å². The highest BCUT2D eigenvalue weighted by molar-refractivity contribution is 5.81. The first kappa shape index (κ1) is 24.6. The van der Waals surface area contributed by atoms with Crippen LogP contribution in [-0.4, -0.2) is 58.1 Å². The van der Waals surface area contributed by atoms with Gasteiger partial charge in [-0.2, -0.15) is 10.2 Å². The van der Waals surface area contributed by atoms with Gasteiger partial charge in [-0.1, -0.05) is 19.9 Å². The van der Waals surface area contributed by atoms with Crippen LogP contribution in [0.5, 0.6) is 0 Å². The van der Waals surface area contributed by atoms with Crippen LogP contribution in [-0.2, 0) is 10.2 Å². The summed E-state index contributed by atoms with van der Waals surface area (Å²) in [5.74, 6) is -1.42. The summed E-state index contributed by atoms with van der Waals surface area (Å²) in [5, 5.41) is 8.85. The molecule has 36 heavy (non-hydrogen) atoms. The Bertz CT molecular complexity index is 1200. The van der Waals surface area contributed by atoms with Crippen LogP contribution in [0.4, 0.5) is 13.6 Å². The maximum Gasteiger partial charge on any atom is 0.314 e. The van der Waals surface area contributed by atoms with E-state index in [1.807, 2.05) is 11.8 Å². The molecule has 1 aromatic heterocycles. The number of piperidine rings is 1. The zero-order valence-corrected chi connectivity index (χ0v) is 21.1. The van der Waals surface area contributed by atoms with E-state index in [2.05, 4.69) is 24.0 Å². The van der Waals surface area contributed by atoms with Crippen molar-refractivity contribution in [3.05, 3.63) is 47.2 Å². The Morgan fingerprint density at radius 3 is 2.58 bits per heavy atom. The molecular formula is C27H33F2N5O2. The standard InChI is InChI=1S/C27H33F2N5O2/c1-4-33(24(35)16-7-6-12-34(14-16)25(30)36)15-27-11-10-18(26(27,2)3)17-13-21(31-32-23(17)27)22-19(28)8-5-9-20(22)29/h5,8-9,13,16,18H,4,6-7,10-12,14-15H2,1-3H3,(H2,30,36)/t16?,18-,27-/m0/s1. The number of nitrogens with zero attached hydrogens (tertiary/aromatic N) is 4. The first-order valence-electron chi connectivity index (χ1n) is 12.8. The van der Waals surface area contributed by atoms with E-state index in [1.54, 1.807) is 11.0 Å².